The molecule has 0 unspecified atom stereocenters. The average molecular weight is 234 g/mol. The van der Waals surface area contributed by atoms with Gasteiger partial charge in [0.05, 0.1) is 16.4 Å². The van der Waals surface area contributed by atoms with Crippen molar-refractivity contribution in [3.63, 3.8) is 0 Å². The van der Waals surface area contributed by atoms with Gasteiger partial charge in [-0.25, -0.2) is 4.98 Å². The molecule has 0 aliphatic carbocycles. The summed E-state index contributed by atoms with van der Waals surface area (Å²) < 4.78 is 2.18. The molecule has 4 rings (SSSR count). The Hall–Kier alpha value is -2.42. The first-order valence-electron chi connectivity index (χ1n) is 5.93. The van der Waals surface area contributed by atoms with E-state index in [1.807, 2.05) is 24.3 Å². The van der Waals surface area contributed by atoms with Crippen molar-refractivity contribution >= 4 is 27.9 Å². The van der Waals surface area contributed by atoms with Crippen LogP contribution in [0.2, 0.25) is 0 Å². The largest absolute Gasteiger partial charge is 0.336 e. The molecule has 0 N–H and O–H groups in total. The van der Waals surface area contributed by atoms with Crippen LogP contribution in [0.1, 0.15) is 5.56 Å². The van der Waals surface area contributed by atoms with Gasteiger partial charge in [0.1, 0.15) is 0 Å². The first kappa shape index (κ1) is 9.59. The number of fused-ring (bicyclic) bond motifs is 3. The standard InChI is InChI=1S/C15H10N2O/c18-15-13-11-6-1-4-10-5-3-9-17(14(10)11)12(13)7-2-8-16-15/h1-8H,9H2. The van der Waals surface area contributed by atoms with Crippen molar-refractivity contribution in [2.45, 2.75) is 6.54 Å². The number of hydrogen-bond donors (Lipinski definition) is 0. The van der Waals surface area contributed by atoms with Crippen LogP contribution in [0.15, 0.2) is 47.4 Å². The van der Waals surface area contributed by atoms with Gasteiger partial charge in [0.2, 0.25) is 0 Å². The Bertz CT molecular complexity index is 875. The van der Waals surface area contributed by atoms with Crippen LogP contribution in [0.3, 0.4) is 0 Å². The highest BCUT2D eigenvalue weighted by molar-refractivity contribution is 6.10. The Labute approximate surface area is 103 Å². The molecule has 0 radical (unpaired) electrons. The van der Waals surface area contributed by atoms with Crippen LogP contribution in [-0.4, -0.2) is 9.55 Å². The molecule has 0 atom stereocenters. The molecule has 0 bridgehead atoms. The summed E-state index contributed by atoms with van der Waals surface area (Å²) in [4.78, 5) is 16.0. The van der Waals surface area contributed by atoms with E-state index in [1.165, 1.54) is 0 Å². The van der Waals surface area contributed by atoms with Crippen molar-refractivity contribution in [2.75, 3.05) is 0 Å². The number of allylic oxidation sites excluding steroid dienone is 1. The lowest BCUT2D eigenvalue weighted by Crippen LogP contribution is -2.01. The van der Waals surface area contributed by atoms with Gasteiger partial charge in [-0.3, -0.25) is 4.79 Å². The van der Waals surface area contributed by atoms with Crippen LogP contribution in [0.5, 0.6) is 0 Å². The second kappa shape index (κ2) is 3.29. The molecule has 0 spiro atoms. The minimum Gasteiger partial charge on any atom is -0.336 e. The predicted octanol–water partition coefficient (Wildman–Crippen LogP) is 2.58. The molecule has 86 valence electrons. The third-order valence-electron chi connectivity index (χ3n) is 3.48. The Balaban J connectivity index is 2.43. The third kappa shape index (κ3) is 1.08. The molecule has 3 heterocycles. The quantitative estimate of drug-likeness (QED) is 0.599. The molecule has 1 aromatic carbocycles. The first-order valence-corrected chi connectivity index (χ1v) is 5.93. The summed E-state index contributed by atoms with van der Waals surface area (Å²) in [6.45, 7) is 0.806. The third-order valence-corrected chi connectivity index (χ3v) is 3.48. The zero-order chi connectivity index (χ0) is 12.1. The van der Waals surface area contributed by atoms with E-state index >= 15 is 0 Å². The molecule has 0 amide bonds. The fraction of sp³-hybridized carbons (Fsp3) is 0.0667. The van der Waals surface area contributed by atoms with Crippen molar-refractivity contribution < 1.29 is 0 Å². The maximum Gasteiger partial charge on any atom is 0.279 e. The van der Waals surface area contributed by atoms with Gasteiger partial charge in [0, 0.05) is 18.1 Å². The van der Waals surface area contributed by atoms with Crippen molar-refractivity contribution in [3.05, 3.63) is 58.5 Å². The minimum absolute atomic E-state index is 0.155. The second-order valence-corrected chi connectivity index (χ2v) is 4.46. The van der Waals surface area contributed by atoms with Crippen LogP contribution in [0.25, 0.3) is 27.9 Å². The number of rotatable bonds is 0. The zero-order valence-electron chi connectivity index (χ0n) is 9.63. The summed E-state index contributed by atoms with van der Waals surface area (Å²) in [7, 11) is 0. The summed E-state index contributed by atoms with van der Waals surface area (Å²) in [5.41, 5.74) is 3.11. The zero-order valence-corrected chi connectivity index (χ0v) is 9.63. The number of aromatic nitrogens is 2. The van der Waals surface area contributed by atoms with Crippen molar-refractivity contribution in [3.8, 4) is 0 Å². The molecular weight excluding hydrogens is 224 g/mol. The van der Waals surface area contributed by atoms with Crippen LogP contribution < -0.4 is 5.56 Å². The normalized spacial score (nSPS) is 13.3. The lowest BCUT2D eigenvalue weighted by Gasteiger charge is -2.10. The van der Waals surface area contributed by atoms with E-state index in [9.17, 15) is 4.79 Å². The molecule has 3 heteroatoms. The minimum atomic E-state index is -0.155. The highest BCUT2D eigenvalue weighted by Gasteiger charge is 2.15. The highest BCUT2D eigenvalue weighted by Crippen LogP contribution is 2.31. The summed E-state index contributed by atoms with van der Waals surface area (Å²) in [5, 5.41) is 1.72. The maximum atomic E-state index is 12.1. The predicted molar refractivity (Wildman–Crippen MR) is 72.5 cm³/mol. The van der Waals surface area contributed by atoms with E-state index in [0.717, 1.165) is 33.9 Å². The van der Waals surface area contributed by atoms with Gasteiger partial charge in [0.25, 0.3) is 5.56 Å². The van der Waals surface area contributed by atoms with Gasteiger partial charge in [-0.15, -0.1) is 0 Å². The number of benzene rings is 1. The topological polar surface area (TPSA) is 34.9 Å². The van der Waals surface area contributed by atoms with E-state index in [-0.39, 0.29) is 5.56 Å². The van der Waals surface area contributed by atoms with Crippen LogP contribution in [-0.2, 0) is 6.54 Å². The van der Waals surface area contributed by atoms with Crippen LogP contribution in [0.4, 0.5) is 0 Å². The fourth-order valence-corrected chi connectivity index (χ4v) is 2.77. The lowest BCUT2D eigenvalue weighted by molar-refractivity contribution is 0.894. The summed E-state index contributed by atoms with van der Waals surface area (Å²) in [5.74, 6) is 0. The van der Waals surface area contributed by atoms with Crippen molar-refractivity contribution in [1.82, 2.24) is 9.55 Å². The molecule has 0 saturated carbocycles. The van der Waals surface area contributed by atoms with Crippen LogP contribution >= 0.6 is 0 Å². The number of para-hydroxylation sites is 1. The first-order chi connectivity index (χ1) is 8.86. The molecule has 1 aliphatic heterocycles. The van der Waals surface area contributed by atoms with E-state index in [0.29, 0.717) is 0 Å². The summed E-state index contributed by atoms with van der Waals surface area (Å²) >= 11 is 0. The molecule has 0 saturated heterocycles. The van der Waals surface area contributed by atoms with Crippen molar-refractivity contribution in [1.29, 1.82) is 0 Å². The van der Waals surface area contributed by atoms with Gasteiger partial charge in [-0.05, 0) is 17.7 Å². The van der Waals surface area contributed by atoms with E-state index in [4.69, 9.17) is 0 Å². The molecule has 0 fully saturated rings. The summed E-state index contributed by atoms with van der Waals surface area (Å²) in [6.07, 6.45) is 5.79. The SMILES string of the molecule is O=c1ncccc2c1c1cccc3c1n2CC=C3. The molecule has 1 aliphatic rings. The van der Waals surface area contributed by atoms with E-state index in [1.54, 1.807) is 6.20 Å². The van der Waals surface area contributed by atoms with Gasteiger partial charge < -0.3 is 4.57 Å². The maximum absolute atomic E-state index is 12.1. The van der Waals surface area contributed by atoms with E-state index < -0.39 is 0 Å². The Morgan fingerprint density at radius 2 is 2.11 bits per heavy atom. The summed E-state index contributed by atoms with van der Waals surface area (Å²) in [6, 6.07) is 9.85. The Morgan fingerprint density at radius 1 is 1.17 bits per heavy atom. The van der Waals surface area contributed by atoms with Gasteiger partial charge in [0.15, 0.2) is 0 Å². The second-order valence-electron chi connectivity index (χ2n) is 4.46. The number of hydrogen-bond acceptors (Lipinski definition) is 2. The van der Waals surface area contributed by atoms with Crippen molar-refractivity contribution in [2.24, 2.45) is 0 Å². The van der Waals surface area contributed by atoms with Gasteiger partial charge >= 0.3 is 0 Å². The number of nitrogens with zero attached hydrogens (tertiary/aromatic N) is 2. The average Bonchev–Trinajstić information content (AvgIpc) is 2.59. The monoisotopic (exact) mass is 234 g/mol. The van der Waals surface area contributed by atoms with Crippen LogP contribution in [0, 0.1) is 0 Å². The lowest BCUT2D eigenvalue weighted by atomic mass is 10.1. The Kier molecular flexibility index (Phi) is 1.75. The van der Waals surface area contributed by atoms with Gasteiger partial charge in [-0.1, -0.05) is 30.4 Å². The smallest absolute Gasteiger partial charge is 0.279 e. The molecular formula is C15H10N2O. The Morgan fingerprint density at radius 3 is 3.06 bits per heavy atom. The molecule has 3 aromatic rings. The fourth-order valence-electron chi connectivity index (χ4n) is 2.77. The molecule has 3 nitrogen and oxygen atoms in total. The van der Waals surface area contributed by atoms with E-state index in [2.05, 4.69) is 27.8 Å². The highest BCUT2D eigenvalue weighted by atomic mass is 16.1. The molecule has 18 heavy (non-hydrogen) atoms. The molecule has 2 aromatic heterocycles. The van der Waals surface area contributed by atoms with Gasteiger partial charge in [-0.2, -0.15) is 0 Å².